The normalized spacial score (nSPS) is 23.8. The molecule has 1 amide bonds. The van der Waals surface area contributed by atoms with Crippen LogP contribution < -0.4 is 0 Å². The Morgan fingerprint density at radius 3 is 2.62 bits per heavy atom. The van der Waals surface area contributed by atoms with Crippen molar-refractivity contribution in [1.82, 2.24) is 14.3 Å². The first-order valence-electron chi connectivity index (χ1n) is 11.9. The number of nitrogens with zero attached hydrogens (tertiary/aromatic N) is 4. The molecule has 0 saturated carbocycles. The number of carboxylic acids is 1. The van der Waals surface area contributed by atoms with E-state index in [-0.39, 0.29) is 11.4 Å². The summed E-state index contributed by atoms with van der Waals surface area (Å²) in [6.45, 7) is 3.46. The summed E-state index contributed by atoms with van der Waals surface area (Å²) in [5.41, 5.74) is 1.59. The quantitative estimate of drug-likeness (QED) is 0.248. The fourth-order valence-electron chi connectivity index (χ4n) is 5.57. The number of non-ortho nitro benzene ring substituents is 1. The van der Waals surface area contributed by atoms with Crippen molar-refractivity contribution < 1.29 is 24.7 Å². The van der Waals surface area contributed by atoms with E-state index in [2.05, 4.69) is 4.98 Å². The Labute approximate surface area is 216 Å². The summed E-state index contributed by atoms with van der Waals surface area (Å²) in [6.07, 6.45) is 3.86. The molecule has 2 aliphatic heterocycles. The van der Waals surface area contributed by atoms with Gasteiger partial charge in [0.2, 0.25) is 5.91 Å². The molecule has 192 valence electrons. The molecule has 3 aromatic rings. The van der Waals surface area contributed by atoms with Crippen molar-refractivity contribution in [2.45, 2.75) is 38.8 Å². The van der Waals surface area contributed by atoms with Gasteiger partial charge in [0, 0.05) is 47.0 Å². The molecule has 4 heterocycles. The van der Waals surface area contributed by atoms with Crippen LogP contribution in [0.5, 0.6) is 0 Å². The molecule has 10 nitrogen and oxygen atoms in total. The number of carboxylic acid groups (broad SMARTS) is 1. The SMILES string of the molecule is C[C@@H](O)[C@H]1C(=O)N2C(C(=O)O)=C(SCCc3cn4ccccc4n3)[C@](C)(Cc3ccc([N+](=O)[O-])cc3)[C@H]12. The fourth-order valence-corrected chi connectivity index (χ4v) is 6.93. The molecule has 11 heteroatoms. The molecule has 1 aromatic carbocycles. The molecule has 37 heavy (non-hydrogen) atoms. The minimum absolute atomic E-state index is 0.0357. The number of pyridine rings is 1. The largest absolute Gasteiger partial charge is 0.477 e. The maximum Gasteiger partial charge on any atom is 0.353 e. The number of aliphatic carboxylic acids is 1. The zero-order chi connectivity index (χ0) is 26.5. The third-order valence-corrected chi connectivity index (χ3v) is 8.58. The summed E-state index contributed by atoms with van der Waals surface area (Å²) in [5.74, 6) is -1.78. The predicted molar refractivity (Wildman–Crippen MR) is 137 cm³/mol. The molecule has 0 spiro atoms. The van der Waals surface area contributed by atoms with Gasteiger partial charge >= 0.3 is 5.97 Å². The Hall–Kier alpha value is -3.70. The van der Waals surface area contributed by atoms with Gasteiger partial charge in [0.25, 0.3) is 5.69 Å². The summed E-state index contributed by atoms with van der Waals surface area (Å²) in [5, 5.41) is 31.6. The van der Waals surface area contributed by atoms with Crippen LogP contribution >= 0.6 is 11.8 Å². The van der Waals surface area contributed by atoms with Gasteiger partial charge in [0.15, 0.2) is 0 Å². The highest BCUT2D eigenvalue weighted by molar-refractivity contribution is 8.03. The number of hydrogen-bond donors (Lipinski definition) is 2. The van der Waals surface area contributed by atoms with Gasteiger partial charge in [-0.15, -0.1) is 11.8 Å². The minimum atomic E-state index is -1.19. The smallest absolute Gasteiger partial charge is 0.353 e. The zero-order valence-electron chi connectivity index (χ0n) is 20.3. The number of imidazole rings is 1. The summed E-state index contributed by atoms with van der Waals surface area (Å²) < 4.78 is 1.92. The number of fused-ring (bicyclic) bond motifs is 2. The van der Waals surface area contributed by atoms with E-state index < -0.39 is 40.3 Å². The van der Waals surface area contributed by atoms with E-state index in [1.54, 1.807) is 19.1 Å². The van der Waals surface area contributed by atoms with Crippen LogP contribution in [0.25, 0.3) is 5.65 Å². The summed E-state index contributed by atoms with van der Waals surface area (Å²) in [4.78, 5) is 42.5. The number of aliphatic hydroxyl groups excluding tert-OH is 1. The molecule has 0 bridgehead atoms. The lowest BCUT2D eigenvalue weighted by Gasteiger charge is -2.51. The molecule has 0 radical (unpaired) electrons. The molecule has 1 saturated heterocycles. The zero-order valence-corrected chi connectivity index (χ0v) is 21.1. The number of thioether (sulfide) groups is 1. The van der Waals surface area contributed by atoms with E-state index >= 15 is 0 Å². The number of nitro groups is 1. The summed E-state index contributed by atoms with van der Waals surface area (Å²) in [7, 11) is 0. The second-order valence-electron chi connectivity index (χ2n) is 9.72. The van der Waals surface area contributed by atoms with Crippen LogP contribution in [-0.2, 0) is 22.4 Å². The average Bonchev–Trinajstić information content (AvgIpc) is 3.34. The second-order valence-corrected chi connectivity index (χ2v) is 10.8. The van der Waals surface area contributed by atoms with Crippen molar-refractivity contribution in [3.8, 4) is 0 Å². The Kier molecular flexibility index (Phi) is 6.28. The van der Waals surface area contributed by atoms with Gasteiger partial charge in [0.05, 0.1) is 28.7 Å². The van der Waals surface area contributed by atoms with Crippen molar-refractivity contribution >= 4 is 35.0 Å². The molecule has 5 rings (SSSR count). The number of aromatic nitrogens is 2. The van der Waals surface area contributed by atoms with Gasteiger partial charge in [-0.25, -0.2) is 9.78 Å². The van der Waals surface area contributed by atoms with Crippen molar-refractivity contribution in [3.63, 3.8) is 0 Å². The predicted octanol–water partition coefficient (Wildman–Crippen LogP) is 3.28. The van der Waals surface area contributed by atoms with Crippen LogP contribution in [-0.4, -0.2) is 59.2 Å². The first-order chi connectivity index (χ1) is 17.6. The number of benzene rings is 1. The van der Waals surface area contributed by atoms with Crippen molar-refractivity contribution in [1.29, 1.82) is 0 Å². The molecule has 0 unspecified atom stereocenters. The van der Waals surface area contributed by atoms with Crippen LogP contribution in [0, 0.1) is 21.4 Å². The topological polar surface area (TPSA) is 138 Å². The number of carbonyl (C=O) groups excluding carboxylic acids is 1. The van der Waals surface area contributed by atoms with Crippen LogP contribution in [0.15, 0.2) is 65.5 Å². The lowest BCUT2D eigenvalue weighted by Crippen LogP contribution is -2.66. The molecule has 0 aliphatic carbocycles. The summed E-state index contributed by atoms with van der Waals surface area (Å²) >= 11 is 1.39. The molecule has 4 atom stereocenters. The molecular formula is C26H26N4O6S. The number of rotatable bonds is 9. The van der Waals surface area contributed by atoms with Gasteiger partial charge in [-0.2, -0.15) is 0 Å². The molecule has 2 N–H and O–H groups in total. The second kappa shape index (κ2) is 9.31. The Balaban J connectivity index is 1.47. The number of aliphatic hydroxyl groups is 1. The first kappa shape index (κ1) is 25.0. The molecule has 1 fully saturated rings. The highest BCUT2D eigenvalue weighted by Gasteiger charge is 2.66. The maximum absolute atomic E-state index is 13.0. The van der Waals surface area contributed by atoms with Gasteiger partial charge in [0.1, 0.15) is 11.3 Å². The Bertz CT molecular complexity index is 1400. The van der Waals surface area contributed by atoms with Crippen molar-refractivity contribution in [3.05, 3.63) is 86.8 Å². The molecule has 2 aliphatic rings. The lowest BCUT2D eigenvalue weighted by atomic mass is 9.67. The minimum Gasteiger partial charge on any atom is -0.477 e. The first-order valence-corrected chi connectivity index (χ1v) is 12.9. The highest BCUT2D eigenvalue weighted by Crippen LogP contribution is 2.58. The fraction of sp³-hybridized carbons (Fsp3) is 0.346. The Morgan fingerprint density at radius 2 is 2.00 bits per heavy atom. The number of aryl methyl sites for hydroxylation is 1. The number of nitro benzene ring substituents is 1. The van der Waals surface area contributed by atoms with Crippen molar-refractivity contribution in [2.24, 2.45) is 11.3 Å². The number of amides is 1. The standard InChI is InChI=1S/C26H26N4O6S/c1-15(31)20-22-26(2,13-16-6-8-18(9-7-16)30(35)36)23(21(25(33)34)29(22)24(20)32)37-12-10-17-14-28-11-4-3-5-19(28)27-17/h3-9,11,14-15,20,22,31H,10,12-13H2,1-2H3,(H,33,34)/t15-,20-,22+,26-/m1/s1. The number of β-lactam (4-membered cyclic amide) rings is 1. The van der Waals surface area contributed by atoms with E-state index in [0.29, 0.717) is 23.5 Å². The Morgan fingerprint density at radius 1 is 1.27 bits per heavy atom. The van der Waals surface area contributed by atoms with Gasteiger partial charge in [-0.3, -0.25) is 14.9 Å². The van der Waals surface area contributed by atoms with E-state index in [1.165, 1.54) is 28.8 Å². The summed E-state index contributed by atoms with van der Waals surface area (Å²) in [6, 6.07) is 11.4. The monoisotopic (exact) mass is 522 g/mol. The highest BCUT2D eigenvalue weighted by atomic mass is 32.2. The van der Waals surface area contributed by atoms with E-state index in [9.17, 15) is 29.9 Å². The molecule has 2 aromatic heterocycles. The van der Waals surface area contributed by atoms with Crippen LogP contribution in [0.4, 0.5) is 5.69 Å². The van der Waals surface area contributed by atoms with Crippen LogP contribution in [0.3, 0.4) is 0 Å². The number of hydrogen-bond acceptors (Lipinski definition) is 7. The van der Waals surface area contributed by atoms with Gasteiger partial charge in [-0.05, 0) is 31.0 Å². The maximum atomic E-state index is 13.0. The van der Waals surface area contributed by atoms with Gasteiger partial charge < -0.3 is 19.5 Å². The van der Waals surface area contributed by atoms with Crippen molar-refractivity contribution in [2.75, 3.05) is 5.75 Å². The third kappa shape index (κ3) is 4.17. The van der Waals surface area contributed by atoms with E-state index in [4.69, 9.17) is 0 Å². The van der Waals surface area contributed by atoms with Crippen LogP contribution in [0.1, 0.15) is 25.1 Å². The van der Waals surface area contributed by atoms with E-state index in [1.807, 2.05) is 41.9 Å². The third-order valence-electron chi connectivity index (χ3n) is 7.23. The molecular weight excluding hydrogens is 496 g/mol. The average molecular weight is 523 g/mol. The van der Waals surface area contributed by atoms with Gasteiger partial charge in [-0.1, -0.05) is 25.1 Å². The van der Waals surface area contributed by atoms with E-state index in [0.717, 1.165) is 16.9 Å². The number of carbonyl (C=O) groups is 2. The van der Waals surface area contributed by atoms with Crippen LogP contribution in [0.2, 0.25) is 0 Å². The lowest BCUT2D eigenvalue weighted by molar-refractivity contribution is -0.384.